The van der Waals surface area contributed by atoms with Gasteiger partial charge in [0, 0.05) is 51.3 Å². The molecule has 1 saturated carbocycles. The molecule has 2 atom stereocenters. The van der Waals surface area contributed by atoms with Gasteiger partial charge in [-0.15, -0.1) is 0 Å². The molecule has 2 fully saturated rings. The van der Waals surface area contributed by atoms with Crippen LogP contribution in [0.2, 0.25) is 0 Å². The Morgan fingerprint density at radius 1 is 1.28 bits per heavy atom. The van der Waals surface area contributed by atoms with Gasteiger partial charge in [-0.25, -0.2) is 0 Å². The molecular weight excluding hydrogens is 318 g/mol. The maximum atomic E-state index is 12.5. The van der Waals surface area contributed by atoms with E-state index in [1.807, 2.05) is 19.4 Å². The van der Waals surface area contributed by atoms with Crippen molar-refractivity contribution in [1.82, 2.24) is 25.7 Å². The minimum atomic E-state index is -0.106. The predicted octanol–water partition coefficient (Wildman–Crippen LogP) is 0.678. The number of nitrogens with one attached hydrogen (secondary N) is 3. The summed E-state index contributed by atoms with van der Waals surface area (Å²) >= 11 is 0. The number of hydrogen-bond acceptors (Lipinski definition) is 4. The zero-order valence-electron chi connectivity index (χ0n) is 15.0. The minimum Gasteiger partial charge on any atom is -0.355 e. The van der Waals surface area contributed by atoms with E-state index in [0.717, 1.165) is 24.9 Å². The van der Waals surface area contributed by atoms with Gasteiger partial charge in [-0.1, -0.05) is 19.3 Å². The van der Waals surface area contributed by atoms with Gasteiger partial charge in [0.25, 0.3) is 0 Å². The van der Waals surface area contributed by atoms with Crippen LogP contribution < -0.4 is 16.0 Å². The van der Waals surface area contributed by atoms with Crippen LogP contribution in [0, 0.1) is 5.92 Å². The number of carbonyl (C=O) groups excluding carboxylic acids is 2. The zero-order chi connectivity index (χ0) is 17.6. The highest BCUT2D eigenvalue weighted by atomic mass is 16.2. The second-order valence-corrected chi connectivity index (χ2v) is 7.26. The van der Waals surface area contributed by atoms with Crippen molar-refractivity contribution in [2.75, 3.05) is 19.6 Å². The summed E-state index contributed by atoms with van der Waals surface area (Å²) in [5, 5.41) is 13.5. The summed E-state index contributed by atoms with van der Waals surface area (Å²) in [6.07, 6.45) is 9.98. The van der Waals surface area contributed by atoms with Gasteiger partial charge >= 0.3 is 0 Å². The number of carbonyl (C=O) groups is 2. The Morgan fingerprint density at radius 2 is 2.08 bits per heavy atom. The molecule has 0 aromatic carbocycles. The molecule has 1 saturated heterocycles. The van der Waals surface area contributed by atoms with E-state index in [1.54, 1.807) is 4.68 Å². The van der Waals surface area contributed by atoms with E-state index in [9.17, 15) is 9.59 Å². The third kappa shape index (κ3) is 4.81. The van der Waals surface area contributed by atoms with E-state index in [4.69, 9.17) is 0 Å². The van der Waals surface area contributed by atoms with Gasteiger partial charge < -0.3 is 16.0 Å². The highest BCUT2D eigenvalue weighted by Crippen LogP contribution is 2.27. The van der Waals surface area contributed by atoms with Crippen LogP contribution in [0.1, 0.15) is 50.0 Å². The van der Waals surface area contributed by atoms with Crippen molar-refractivity contribution in [1.29, 1.82) is 0 Å². The Morgan fingerprint density at radius 3 is 2.80 bits per heavy atom. The molecule has 3 N–H and O–H groups in total. The number of rotatable bonds is 6. The van der Waals surface area contributed by atoms with Crippen LogP contribution >= 0.6 is 0 Å². The molecule has 138 valence electrons. The minimum absolute atomic E-state index is 0.0179. The van der Waals surface area contributed by atoms with Crippen LogP contribution in [-0.2, 0) is 16.6 Å². The van der Waals surface area contributed by atoms with Gasteiger partial charge in [0.15, 0.2) is 0 Å². The second kappa shape index (κ2) is 8.47. The Hall–Kier alpha value is -1.89. The molecular formula is C18H29N5O2. The van der Waals surface area contributed by atoms with Gasteiger partial charge in [-0.2, -0.15) is 5.10 Å². The molecule has 2 aliphatic rings. The molecule has 0 spiro atoms. The first-order valence-corrected chi connectivity index (χ1v) is 9.40. The quantitative estimate of drug-likeness (QED) is 0.706. The zero-order valence-corrected chi connectivity index (χ0v) is 15.0. The number of aryl methyl sites for hydroxylation is 1. The number of amides is 2. The van der Waals surface area contributed by atoms with Crippen molar-refractivity contribution in [2.45, 2.75) is 50.5 Å². The summed E-state index contributed by atoms with van der Waals surface area (Å²) in [7, 11) is 1.88. The first kappa shape index (κ1) is 17.9. The van der Waals surface area contributed by atoms with Crippen LogP contribution in [0.5, 0.6) is 0 Å². The summed E-state index contributed by atoms with van der Waals surface area (Å²) in [6, 6.07) is 0.325. The van der Waals surface area contributed by atoms with Crippen molar-refractivity contribution in [2.24, 2.45) is 13.0 Å². The molecule has 25 heavy (non-hydrogen) atoms. The molecule has 1 aliphatic heterocycles. The van der Waals surface area contributed by atoms with Crippen LogP contribution in [0.15, 0.2) is 12.4 Å². The summed E-state index contributed by atoms with van der Waals surface area (Å²) in [4.78, 5) is 24.5. The smallest absolute Gasteiger partial charge is 0.225 e. The molecule has 0 bridgehead atoms. The van der Waals surface area contributed by atoms with E-state index in [2.05, 4.69) is 21.0 Å². The monoisotopic (exact) mass is 347 g/mol. The number of nitrogens with zero attached hydrogens (tertiary/aromatic N) is 2. The predicted molar refractivity (Wildman–Crippen MR) is 95.0 cm³/mol. The van der Waals surface area contributed by atoms with Crippen molar-refractivity contribution in [3.05, 3.63) is 18.0 Å². The van der Waals surface area contributed by atoms with Crippen molar-refractivity contribution < 1.29 is 9.59 Å². The lowest BCUT2D eigenvalue weighted by Gasteiger charge is -2.23. The summed E-state index contributed by atoms with van der Waals surface area (Å²) in [5.41, 5.74) is 1.09. The van der Waals surface area contributed by atoms with Crippen LogP contribution in [-0.4, -0.2) is 47.3 Å². The standard InChI is InChI=1S/C18H29N5O2/c1-23-12-13(9-21-23)15-10-19-11-16(15)18(25)20-8-7-17(24)22-14-5-3-2-4-6-14/h9,12,14-16,19H,2-8,10-11H2,1H3,(H,20,25)(H,22,24)/t15-,16+/m1/s1. The molecule has 7 nitrogen and oxygen atoms in total. The molecule has 3 rings (SSSR count). The Balaban J connectivity index is 1.41. The Labute approximate surface area is 148 Å². The largest absolute Gasteiger partial charge is 0.355 e. The maximum absolute atomic E-state index is 12.5. The average Bonchev–Trinajstić information content (AvgIpc) is 3.24. The van der Waals surface area contributed by atoms with E-state index in [0.29, 0.717) is 25.6 Å². The van der Waals surface area contributed by atoms with E-state index < -0.39 is 0 Å². The summed E-state index contributed by atoms with van der Waals surface area (Å²) in [5.74, 6) is 0.0975. The fourth-order valence-corrected chi connectivity index (χ4v) is 3.91. The molecule has 2 amide bonds. The Bertz CT molecular complexity index is 594. The van der Waals surface area contributed by atoms with E-state index in [1.165, 1.54) is 19.3 Å². The summed E-state index contributed by atoms with van der Waals surface area (Å²) in [6.45, 7) is 1.85. The molecule has 1 aliphatic carbocycles. The van der Waals surface area contributed by atoms with Crippen molar-refractivity contribution in [3.63, 3.8) is 0 Å². The van der Waals surface area contributed by atoms with E-state index in [-0.39, 0.29) is 23.7 Å². The molecule has 2 heterocycles. The van der Waals surface area contributed by atoms with Crippen molar-refractivity contribution >= 4 is 11.8 Å². The van der Waals surface area contributed by atoms with Gasteiger partial charge in [-0.3, -0.25) is 14.3 Å². The third-order valence-electron chi connectivity index (χ3n) is 5.33. The summed E-state index contributed by atoms with van der Waals surface area (Å²) < 4.78 is 1.76. The molecule has 1 aromatic heterocycles. The lowest BCUT2D eigenvalue weighted by atomic mass is 9.90. The lowest BCUT2D eigenvalue weighted by molar-refractivity contribution is -0.125. The molecule has 0 unspecified atom stereocenters. The van der Waals surface area contributed by atoms with Gasteiger partial charge in [-0.05, 0) is 18.4 Å². The highest BCUT2D eigenvalue weighted by Gasteiger charge is 2.34. The molecule has 0 radical (unpaired) electrons. The fourth-order valence-electron chi connectivity index (χ4n) is 3.91. The van der Waals surface area contributed by atoms with E-state index >= 15 is 0 Å². The topological polar surface area (TPSA) is 88.0 Å². The normalized spacial score (nSPS) is 24.2. The fraction of sp³-hybridized carbons (Fsp3) is 0.722. The van der Waals surface area contributed by atoms with Gasteiger partial charge in [0.2, 0.25) is 11.8 Å². The molecule has 1 aromatic rings. The number of hydrogen-bond donors (Lipinski definition) is 3. The maximum Gasteiger partial charge on any atom is 0.225 e. The lowest BCUT2D eigenvalue weighted by Crippen LogP contribution is -2.39. The average molecular weight is 347 g/mol. The Kier molecular flexibility index (Phi) is 6.07. The van der Waals surface area contributed by atoms with Gasteiger partial charge in [0.05, 0.1) is 12.1 Å². The molecule has 7 heteroatoms. The van der Waals surface area contributed by atoms with Gasteiger partial charge in [0.1, 0.15) is 0 Å². The third-order valence-corrected chi connectivity index (χ3v) is 5.33. The first-order chi connectivity index (χ1) is 12.1. The van der Waals surface area contributed by atoms with Crippen LogP contribution in [0.4, 0.5) is 0 Å². The highest BCUT2D eigenvalue weighted by molar-refractivity contribution is 5.81. The first-order valence-electron chi connectivity index (χ1n) is 9.40. The second-order valence-electron chi connectivity index (χ2n) is 7.26. The number of aromatic nitrogens is 2. The SMILES string of the molecule is Cn1cc([C@H]2CNC[C@@H]2C(=O)NCCC(=O)NC2CCCCC2)cn1. The van der Waals surface area contributed by atoms with Crippen molar-refractivity contribution in [3.8, 4) is 0 Å². The van der Waals surface area contributed by atoms with Crippen LogP contribution in [0.25, 0.3) is 0 Å². The van der Waals surface area contributed by atoms with Crippen LogP contribution in [0.3, 0.4) is 0 Å².